The number of amides is 1. The number of aromatic nitrogens is 3. The topological polar surface area (TPSA) is 96.7 Å². The number of nitrogens with two attached hydrogens (primary N) is 1. The Hall–Kier alpha value is -1.89. The lowest BCUT2D eigenvalue weighted by molar-refractivity contribution is 0.0954. The zero-order chi connectivity index (χ0) is 13.0. The SMILES string of the molecule is Nc1ccc(C(=O)NCCc2ncn[nH]2)cc1Br. The molecule has 2 rings (SSSR count). The van der Waals surface area contributed by atoms with Gasteiger partial charge in [-0.15, -0.1) is 0 Å². The number of halogens is 1. The van der Waals surface area contributed by atoms with Gasteiger partial charge >= 0.3 is 0 Å². The van der Waals surface area contributed by atoms with Gasteiger partial charge in [-0.3, -0.25) is 9.89 Å². The molecule has 0 bridgehead atoms. The lowest BCUT2D eigenvalue weighted by atomic mass is 10.2. The number of nitrogen functional groups attached to an aromatic ring is 1. The van der Waals surface area contributed by atoms with E-state index < -0.39 is 0 Å². The predicted molar refractivity (Wildman–Crippen MR) is 71.0 cm³/mol. The maximum atomic E-state index is 11.8. The number of rotatable bonds is 4. The Morgan fingerprint density at radius 2 is 2.33 bits per heavy atom. The average molecular weight is 310 g/mol. The molecule has 2 aromatic rings. The number of hydrogen-bond acceptors (Lipinski definition) is 4. The third-order valence-corrected chi connectivity index (χ3v) is 3.06. The van der Waals surface area contributed by atoms with Crippen LogP contribution < -0.4 is 11.1 Å². The maximum absolute atomic E-state index is 11.8. The average Bonchev–Trinajstić information content (AvgIpc) is 2.85. The summed E-state index contributed by atoms with van der Waals surface area (Å²) in [5.74, 6) is 0.601. The highest BCUT2D eigenvalue weighted by atomic mass is 79.9. The molecule has 0 unspecified atom stereocenters. The first-order chi connectivity index (χ1) is 8.66. The van der Waals surface area contributed by atoms with Crippen LogP contribution in [0.1, 0.15) is 16.2 Å². The zero-order valence-electron chi connectivity index (χ0n) is 9.48. The molecule has 0 aliphatic rings. The molecule has 4 N–H and O–H groups in total. The van der Waals surface area contributed by atoms with Gasteiger partial charge in [0.1, 0.15) is 12.2 Å². The molecule has 94 valence electrons. The van der Waals surface area contributed by atoms with E-state index in [1.165, 1.54) is 6.33 Å². The Morgan fingerprint density at radius 1 is 1.50 bits per heavy atom. The number of nitrogens with one attached hydrogen (secondary N) is 2. The van der Waals surface area contributed by atoms with Crippen LogP contribution >= 0.6 is 15.9 Å². The summed E-state index contributed by atoms with van der Waals surface area (Å²) in [7, 11) is 0. The summed E-state index contributed by atoms with van der Waals surface area (Å²) in [6.45, 7) is 0.496. The molecule has 1 aromatic carbocycles. The van der Waals surface area contributed by atoms with Gasteiger partial charge in [0.15, 0.2) is 0 Å². The number of anilines is 1. The molecular weight excluding hydrogens is 298 g/mol. The second-order valence-corrected chi connectivity index (χ2v) is 4.53. The number of carbonyl (C=O) groups excluding carboxylic acids is 1. The van der Waals surface area contributed by atoms with Crippen molar-refractivity contribution in [2.24, 2.45) is 0 Å². The number of H-pyrrole nitrogens is 1. The molecule has 0 saturated carbocycles. The Balaban J connectivity index is 1.89. The predicted octanol–water partition coefficient (Wildman–Crippen LogP) is 1.12. The highest BCUT2D eigenvalue weighted by molar-refractivity contribution is 9.10. The van der Waals surface area contributed by atoms with Crippen molar-refractivity contribution in [1.82, 2.24) is 20.5 Å². The van der Waals surface area contributed by atoms with Crippen molar-refractivity contribution >= 4 is 27.5 Å². The van der Waals surface area contributed by atoms with Gasteiger partial charge in [0.05, 0.1) is 0 Å². The first kappa shape index (κ1) is 12.6. The van der Waals surface area contributed by atoms with Gasteiger partial charge in [0, 0.05) is 28.7 Å². The number of hydrogen-bond donors (Lipinski definition) is 3. The minimum atomic E-state index is -0.143. The van der Waals surface area contributed by atoms with E-state index in [1.54, 1.807) is 18.2 Å². The van der Waals surface area contributed by atoms with E-state index in [2.05, 4.69) is 36.4 Å². The largest absolute Gasteiger partial charge is 0.398 e. The van der Waals surface area contributed by atoms with Crippen molar-refractivity contribution in [3.05, 3.63) is 40.4 Å². The van der Waals surface area contributed by atoms with Gasteiger partial charge in [-0.2, -0.15) is 5.10 Å². The Kier molecular flexibility index (Phi) is 3.93. The van der Waals surface area contributed by atoms with Crippen LogP contribution in [-0.4, -0.2) is 27.6 Å². The summed E-state index contributed by atoms with van der Waals surface area (Å²) >= 11 is 3.29. The van der Waals surface area contributed by atoms with Crippen molar-refractivity contribution in [2.75, 3.05) is 12.3 Å². The van der Waals surface area contributed by atoms with E-state index in [0.717, 1.165) is 5.82 Å². The lowest BCUT2D eigenvalue weighted by Crippen LogP contribution is -2.26. The third-order valence-electron chi connectivity index (χ3n) is 2.37. The second kappa shape index (κ2) is 5.63. The maximum Gasteiger partial charge on any atom is 0.251 e. The van der Waals surface area contributed by atoms with Crippen LogP contribution in [0.2, 0.25) is 0 Å². The van der Waals surface area contributed by atoms with Gasteiger partial charge in [0.2, 0.25) is 0 Å². The molecular formula is C11H12BrN5O. The van der Waals surface area contributed by atoms with Gasteiger partial charge in [-0.05, 0) is 34.1 Å². The molecule has 1 heterocycles. The highest BCUT2D eigenvalue weighted by Crippen LogP contribution is 2.20. The fourth-order valence-corrected chi connectivity index (χ4v) is 1.79. The van der Waals surface area contributed by atoms with Gasteiger partial charge < -0.3 is 11.1 Å². The van der Waals surface area contributed by atoms with Crippen molar-refractivity contribution in [2.45, 2.75) is 6.42 Å². The van der Waals surface area contributed by atoms with Gasteiger partial charge in [-0.1, -0.05) is 0 Å². The molecule has 0 radical (unpaired) electrons. The summed E-state index contributed by atoms with van der Waals surface area (Å²) in [4.78, 5) is 15.8. The van der Waals surface area contributed by atoms with Crippen molar-refractivity contribution < 1.29 is 4.79 Å². The summed E-state index contributed by atoms with van der Waals surface area (Å²) in [6, 6.07) is 5.07. The van der Waals surface area contributed by atoms with E-state index in [4.69, 9.17) is 5.73 Å². The van der Waals surface area contributed by atoms with E-state index in [9.17, 15) is 4.79 Å². The van der Waals surface area contributed by atoms with Crippen LogP contribution in [0.25, 0.3) is 0 Å². The van der Waals surface area contributed by atoms with E-state index in [1.807, 2.05) is 0 Å². The summed E-state index contributed by atoms with van der Waals surface area (Å²) in [5, 5.41) is 9.26. The molecule has 7 heteroatoms. The number of nitrogens with zero attached hydrogens (tertiary/aromatic N) is 2. The number of carbonyl (C=O) groups is 1. The first-order valence-electron chi connectivity index (χ1n) is 5.34. The molecule has 0 aliphatic heterocycles. The number of aromatic amines is 1. The molecule has 0 saturated heterocycles. The van der Waals surface area contributed by atoms with Crippen LogP contribution in [0.15, 0.2) is 29.0 Å². The van der Waals surface area contributed by atoms with Gasteiger partial charge in [-0.25, -0.2) is 4.98 Å². The Morgan fingerprint density at radius 3 is 3.00 bits per heavy atom. The smallest absolute Gasteiger partial charge is 0.251 e. The summed E-state index contributed by atoms with van der Waals surface area (Å²) in [6.07, 6.45) is 2.05. The first-order valence-corrected chi connectivity index (χ1v) is 6.13. The summed E-state index contributed by atoms with van der Waals surface area (Å²) < 4.78 is 0.713. The zero-order valence-corrected chi connectivity index (χ0v) is 11.1. The fourth-order valence-electron chi connectivity index (χ4n) is 1.42. The van der Waals surface area contributed by atoms with E-state index in [-0.39, 0.29) is 5.91 Å². The van der Waals surface area contributed by atoms with Crippen molar-refractivity contribution in [3.63, 3.8) is 0 Å². The van der Waals surface area contributed by atoms with Crippen molar-refractivity contribution in [1.29, 1.82) is 0 Å². The van der Waals surface area contributed by atoms with Crippen LogP contribution in [0.4, 0.5) is 5.69 Å². The standard InChI is InChI=1S/C11H12BrN5O/c12-8-5-7(1-2-9(8)13)11(18)14-4-3-10-15-6-16-17-10/h1-2,5-6H,3-4,13H2,(H,14,18)(H,15,16,17). The van der Waals surface area contributed by atoms with Crippen molar-refractivity contribution in [3.8, 4) is 0 Å². The van der Waals surface area contributed by atoms with E-state index >= 15 is 0 Å². The normalized spacial score (nSPS) is 10.3. The minimum Gasteiger partial charge on any atom is -0.398 e. The van der Waals surface area contributed by atoms with Crippen LogP contribution in [0.3, 0.4) is 0 Å². The molecule has 0 atom stereocenters. The highest BCUT2D eigenvalue weighted by Gasteiger charge is 2.07. The van der Waals surface area contributed by atoms with Crippen LogP contribution in [0.5, 0.6) is 0 Å². The molecule has 0 spiro atoms. The minimum absolute atomic E-state index is 0.143. The quantitative estimate of drug-likeness (QED) is 0.737. The van der Waals surface area contributed by atoms with Crippen LogP contribution in [-0.2, 0) is 6.42 Å². The van der Waals surface area contributed by atoms with E-state index in [0.29, 0.717) is 28.7 Å². The molecule has 6 nitrogen and oxygen atoms in total. The lowest BCUT2D eigenvalue weighted by Gasteiger charge is -2.05. The third kappa shape index (κ3) is 3.07. The molecule has 18 heavy (non-hydrogen) atoms. The molecule has 1 aromatic heterocycles. The summed E-state index contributed by atoms with van der Waals surface area (Å²) in [5.41, 5.74) is 6.82. The van der Waals surface area contributed by atoms with Gasteiger partial charge in [0.25, 0.3) is 5.91 Å². The monoisotopic (exact) mass is 309 g/mol. The second-order valence-electron chi connectivity index (χ2n) is 3.67. The fraction of sp³-hybridized carbons (Fsp3) is 0.182. The molecule has 1 amide bonds. The molecule has 0 fully saturated rings. The Bertz CT molecular complexity index is 540. The molecule has 0 aliphatic carbocycles. The number of benzene rings is 1. The Labute approximate surface area is 112 Å². The van der Waals surface area contributed by atoms with Crippen LogP contribution in [0, 0.1) is 0 Å².